The summed E-state index contributed by atoms with van der Waals surface area (Å²) in [5.74, 6) is 1.84. The average Bonchev–Trinajstić information content (AvgIpc) is 2.87. The van der Waals surface area contributed by atoms with E-state index in [-0.39, 0.29) is 5.75 Å². The van der Waals surface area contributed by atoms with Gasteiger partial charge in [-0.05, 0) is 42.5 Å². The summed E-state index contributed by atoms with van der Waals surface area (Å²) in [4.78, 5) is 3.22. The fourth-order valence-corrected chi connectivity index (χ4v) is 2.09. The number of phenolic OH excluding ortho intramolecular Hbond substituents is 1. The van der Waals surface area contributed by atoms with E-state index in [1.807, 2.05) is 36.4 Å². The lowest BCUT2D eigenvalue weighted by Crippen LogP contribution is -1.95. The Morgan fingerprint density at radius 1 is 1.00 bits per heavy atom. The molecule has 0 aliphatic carbocycles. The Bertz CT molecular complexity index is 716. The highest BCUT2D eigenvalue weighted by atomic mass is 16.5. The number of benzene rings is 2. The first kappa shape index (κ1) is 12.4. The molecule has 0 aliphatic rings. The fraction of sp³-hybridized carbons (Fsp3) is 0.125. The molecule has 102 valence electrons. The van der Waals surface area contributed by atoms with Crippen molar-refractivity contribution in [1.29, 1.82) is 0 Å². The Balaban J connectivity index is 1.72. The molecule has 0 unspecified atom stereocenters. The summed E-state index contributed by atoms with van der Waals surface area (Å²) >= 11 is 0. The van der Waals surface area contributed by atoms with E-state index < -0.39 is 0 Å². The lowest BCUT2D eigenvalue weighted by atomic mass is 10.2. The van der Waals surface area contributed by atoms with Crippen LogP contribution in [0.1, 0.15) is 5.69 Å². The van der Waals surface area contributed by atoms with Gasteiger partial charge in [0.2, 0.25) is 0 Å². The predicted molar refractivity (Wildman–Crippen MR) is 77.3 cm³/mol. The molecule has 4 heteroatoms. The van der Waals surface area contributed by atoms with Gasteiger partial charge in [0.15, 0.2) is 0 Å². The number of H-pyrrole nitrogens is 1. The molecule has 0 fully saturated rings. The maximum Gasteiger partial charge on any atom is 0.128 e. The molecule has 0 radical (unpaired) electrons. The molecule has 2 N–H and O–H groups in total. The third kappa shape index (κ3) is 2.54. The van der Waals surface area contributed by atoms with Gasteiger partial charge in [-0.1, -0.05) is 0 Å². The Morgan fingerprint density at radius 3 is 2.50 bits per heavy atom. The van der Waals surface area contributed by atoms with Crippen LogP contribution in [-0.4, -0.2) is 17.2 Å². The molecule has 3 aromatic rings. The third-order valence-corrected chi connectivity index (χ3v) is 3.12. The van der Waals surface area contributed by atoms with E-state index >= 15 is 0 Å². The fourth-order valence-electron chi connectivity index (χ4n) is 2.09. The van der Waals surface area contributed by atoms with Crippen LogP contribution in [0.4, 0.5) is 0 Å². The molecule has 2 aromatic carbocycles. The SMILES string of the molecule is COc1ccc(OCc2cc3ccc(O)cc3[nH]2)cc1. The van der Waals surface area contributed by atoms with Crippen molar-refractivity contribution < 1.29 is 14.6 Å². The number of aromatic nitrogens is 1. The van der Waals surface area contributed by atoms with E-state index in [9.17, 15) is 5.11 Å². The Morgan fingerprint density at radius 2 is 1.75 bits per heavy atom. The van der Waals surface area contributed by atoms with Gasteiger partial charge in [0.05, 0.1) is 12.8 Å². The summed E-state index contributed by atoms with van der Waals surface area (Å²) in [5, 5.41) is 10.5. The largest absolute Gasteiger partial charge is 0.508 e. The first-order valence-corrected chi connectivity index (χ1v) is 6.32. The van der Waals surface area contributed by atoms with Gasteiger partial charge in [-0.3, -0.25) is 0 Å². The topological polar surface area (TPSA) is 54.5 Å². The predicted octanol–water partition coefficient (Wildman–Crippen LogP) is 3.46. The van der Waals surface area contributed by atoms with Crippen LogP contribution in [0.15, 0.2) is 48.5 Å². The third-order valence-electron chi connectivity index (χ3n) is 3.12. The number of aromatic amines is 1. The molecule has 1 aromatic heterocycles. The summed E-state index contributed by atoms with van der Waals surface area (Å²) in [7, 11) is 1.63. The lowest BCUT2D eigenvalue weighted by Gasteiger charge is -2.05. The number of methoxy groups -OCH3 is 1. The van der Waals surface area contributed by atoms with E-state index in [4.69, 9.17) is 9.47 Å². The number of fused-ring (bicyclic) bond motifs is 1. The quantitative estimate of drug-likeness (QED) is 0.762. The molecular weight excluding hydrogens is 254 g/mol. The Kier molecular flexibility index (Phi) is 3.21. The number of nitrogens with one attached hydrogen (secondary N) is 1. The second-order valence-electron chi connectivity index (χ2n) is 4.53. The summed E-state index contributed by atoms with van der Waals surface area (Å²) in [6, 6.07) is 14.7. The van der Waals surface area contributed by atoms with Crippen molar-refractivity contribution >= 4 is 10.9 Å². The minimum atomic E-state index is 0.252. The molecule has 0 bridgehead atoms. The van der Waals surface area contributed by atoms with Crippen LogP contribution in [0, 0.1) is 0 Å². The highest BCUT2D eigenvalue weighted by molar-refractivity contribution is 5.81. The minimum Gasteiger partial charge on any atom is -0.508 e. The molecule has 0 atom stereocenters. The van der Waals surface area contributed by atoms with E-state index in [2.05, 4.69) is 4.98 Å². The van der Waals surface area contributed by atoms with Gasteiger partial charge in [-0.2, -0.15) is 0 Å². The summed E-state index contributed by atoms with van der Waals surface area (Å²) in [5.41, 5.74) is 1.86. The highest BCUT2D eigenvalue weighted by Crippen LogP contribution is 2.22. The molecule has 4 nitrogen and oxygen atoms in total. The molecule has 20 heavy (non-hydrogen) atoms. The van der Waals surface area contributed by atoms with Gasteiger partial charge in [-0.15, -0.1) is 0 Å². The summed E-state index contributed by atoms with van der Waals surface area (Å²) < 4.78 is 10.8. The molecule has 1 heterocycles. The number of phenols is 1. The van der Waals surface area contributed by atoms with Gasteiger partial charge in [0.1, 0.15) is 23.9 Å². The molecule has 0 saturated heterocycles. The monoisotopic (exact) mass is 269 g/mol. The van der Waals surface area contributed by atoms with Gasteiger partial charge in [-0.25, -0.2) is 0 Å². The van der Waals surface area contributed by atoms with E-state index in [1.54, 1.807) is 19.2 Å². The van der Waals surface area contributed by atoms with Gasteiger partial charge >= 0.3 is 0 Å². The van der Waals surface area contributed by atoms with Crippen molar-refractivity contribution in [3.05, 3.63) is 54.2 Å². The molecule has 0 saturated carbocycles. The average molecular weight is 269 g/mol. The second kappa shape index (κ2) is 5.17. The zero-order chi connectivity index (χ0) is 13.9. The zero-order valence-corrected chi connectivity index (χ0v) is 11.1. The highest BCUT2D eigenvalue weighted by Gasteiger charge is 2.03. The van der Waals surface area contributed by atoms with Crippen molar-refractivity contribution in [3.8, 4) is 17.2 Å². The first-order chi connectivity index (χ1) is 9.74. The molecule has 0 amide bonds. The van der Waals surface area contributed by atoms with Crippen molar-refractivity contribution in [3.63, 3.8) is 0 Å². The number of aromatic hydroxyl groups is 1. The van der Waals surface area contributed by atoms with Crippen LogP contribution >= 0.6 is 0 Å². The van der Waals surface area contributed by atoms with Crippen molar-refractivity contribution in [2.45, 2.75) is 6.61 Å². The maximum atomic E-state index is 9.43. The van der Waals surface area contributed by atoms with Crippen molar-refractivity contribution in [2.24, 2.45) is 0 Å². The van der Waals surface area contributed by atoms with E-state index in [0.29, 0.717) is 6.61 Å². The van der Waals surface area contributed by atoms with Crippen LogP contribution in [0.25, 0.3) is 10.9 Å². The summed E-state index contributed by atoms with van der Waals surface area (Å²) in [6.45, 7) is 0.446. The minimum absolute atomic E-state index is 0.252. The molecular formula is C16H15NO3. The van der Waals surface area contributed by atoms with Gasteiger partial charge in [0, 0.05) is 17.0 Å². The van der Waals surface area contributed by atoms with E-state index in [0.717, 1.165) is 28.1 Å². The lowest BCUT2D eigenvalue weighted by molar-refractivity contribution is 0.301. The second-order valence-corrected chi connectivity index (χ2v) is 4.53. The van der Waals surface area contributed by atoms with Crippen LogP contribution in [-0.2, 0) is 6.61 Å². The number of hydrogen-bond donors (Lipinski definition) is 2. The molecule has 3 rings (SSSR count). The van der Waals surface area contributed by atoms with Crippen molar-refractivity contribution in [2.75, 3.05) is 7.11 Å². The van der Waals surface area contributed by atoms with Crippen LogP contribution in [0.5, 0.6) is 17.2 Å². The standard InChI is InChI=1S/C16H15NO3/c1-19-14-4-6-15(7-5-14)20-10-12-8-11-2-3-13(18)9-16(11)17-12/h2-9,17-18H,10H2,1H3. The Labute approximate surface area is 116 Å². The zero-order valence-electron chi connectivity index (χ0n) is 11.1. The first-order valence-electron chi connectivity index (χ1n) is 6.32. The number of ether oxygens (including phenoxy) is 2. The van der Waals surface area contributed by atoms with Crippen molar-refractivity contribution in [1.82, 2.24) is 4.98 Å². The van der Waals surface area contributed by atoms with Gasteiger partial charge in [0.25, 0.3) is 0 Å². The maximum absolute atomic E-state index is 9.43. The molecule has 0 aliphatic heterocycles. The number of rotatable bonds is 4. The number of hydrogen-bond acceptors (Lipinski definition) is 3. The van der Waals surface area contributed by atoms with Crippen LogP contribution < -0.4 is 9.47 Å². The summed E-state index contributed by atoms with van der Waals surface area (Å²) in [6.07, 6.45) is 0. The normalized spacial score (nSPS) is 10.7. The molecule has 0 spiro atoms. The van der Waals surface area contributed by atoms with E-state index in [1.165, 1.54) is 0 Å². The smallest absolute Gasteiger partial charge is 0.128 e. The Hall–Kier alpha value is -2.62. The van der Waals surface area contributed by atoms with Gasteiger partial charge < -0.3 is 19.6 Å². The van der Waals surface area contributed by atoms with Crippen LogP contribution in [0.2, 0.25) is 0 Å². The van der Waals surface area contributed by atoms with Crippen LogP contribution in [0.3, 0.4) is 0 Å².